The molecule has 7 heteroatoms. The molecule has 1 aromatic heterocycles. The lowest BCUT2D eigenvalue weighted by molar-refractivity contribution is 0.0818. The first-order chi connectivity index (χ1) is 14.9. The van der Waals surface area contributed by atoms with Crippen molar-refractivity contribution >= 4 is 34.2 Å². The average Bonchev–Trinajstić information content (AvgIpc) is 3.23. The molecule has 2 N–H and O–H groups in total. The van der Waals surface area contributed by atoms with Crippen molar-refractivity contribution in [3.05, 3.63) is 74.5 Å². The molecule has 2 heterocycles. The number of hydrogen-bond acceptors (Lipinski definition) is 3. The average molecular weight is 440 g/mol. The van der Waals surface area contributed by atoms with Crippen LogP contribution in [-0.4, -0.2) is 35.2 Å². The third-order valence-electron chi connectivity index (χ3n) is 5.58. The molecule has 0 bridgehead atoms. The highest BCUT2D eigenvalue weighted by Crippen LogP contribution is 2.21. The third kappa shape index (κ3) is 5.09. The minimum absolute atomic E-state index is 0.0279. The van der Waals surface area contributed by atoms with Crippen molar-refractivity contribution in [2.24, 2.45) is 0 Å². The Hall–Kier alpha value is -2.83. The van der Waals surface area contributed by atoms with E-state index in [0.717, 1.165) is 34.9 Å². The predicted octanol–water partition coefficient (Wildman–Crippen LogP) is 5.01. The molecule has 6 nitrogen and oxygen atoms in total. The number of fused-ring (bicyclic) bond motifs is 1. The SMILES string of the molecule is Cc1cc(C)c2cc(CN(C[C@H]3CCCO3)C(=O)Nc3ccc(Cl)cc3)c(=O)[nH]c2c1. The van der Waals surface area contributed by atoms with E-state index in [1.807, 2.05) is 26.0 Å². The lowest BCUT2D eigenvalue weighted by atomic mass is 10.0. The van der Waals surface area contributed by atoms with Crippen LogP contribution in [0.5, 0.6) is 0 Å². The summed E-state index contributed by atoms with van der Waals surface area (Å²) in [5.41, 5.74) is 3.99. The van der Waals surface area contributed by atoms with Crippen molar-refractivity contribution < 1.29 is 9.53 Å². The predicted molar refractivity (Wildman–Crippen MR) is 124 cm³/mol. The van der Waals surface area contributed by atoms with E-state index < -0.39 is 0 Å². The van der Waals surface area contributed by atoms with Crippen LogP contribution >= 0.6 is 11.6 Å². The fourth-order valence-corrected chi connectivity index (χ4v) is 4.15. The third-order valence-corrected chi connectivity index (χ3v) is 5.83. The number of carbonyl (C=O) groups is 1. The van der Waals surface area contributed by atoms with Crippen molar-refractivity contribution in [2.45, 2.75) is 39.3 Å². The number of pyridine rings is 1. The molecule has 2 amide bonds. The van der Waals surface area contributed by atoms with Crippen molar-refractivity contribution in [1.82, 2.24) is 9.88 Å². The van der Waals surface area contributed by atoms with E-state index in [4.69, 9.17) is 16.3 Å². The number of hydrogen-bond donors (Lipinski definition) is 2. The number of aromatic nitrogens is 1. The Balaban J connectivity index is 1.62. The number of aryl methyl sites for hydroxylation is 2. The Labute approximate surface area is 186 Å². The van der Waals surface area contributed by atoms with Crippen LogP contribution in [0.4, 0.5) is 10.5 Å². The molecule has 0 saturated carbocycles. The summed E-state index contributed by atoms with van der Waals surface area (Å²) in [7, 11) is 0. The molecular weight excluding hydrogens is 414 g/mol. The van der Waals surface area contributed by atoms with E-state index in [1.165, 1.54) is 0 Å². The molecule has 0 unspecified atom stereocenters. The van der Waals surface area contributed by atoms with E-state index in [1.54, 1.807) is 29.2 Å². The lowest BCUT2D eigenvalue weighted by Gasteiger charge is -2.26. The zero-order valence-electron chi connectivity index (χ0n) is 17.7. The summed E-state index contributed by atoms with van der Waals surface area (Å²) in [4.78, 5) is 30.5. The summed E-state index contributed by atoms with van der Waals surface area (Å²) in [5, 5.41) is 4.48. The van der Waals surface area contributed by atoms with Gasteiger partial charge in [-0.25, -0.2) is 4.79 Å². The van der Waals surface area contributed by atoms with Gasteiger partial charge in [0.05, 0.1) is 12.6 Å². The maximum atomic E-state index is 13.1. The quantitative estimate of drug-likeness (QED) is 0.586. The highest BCUT2D eigenvalue weighted by Gasteiger charge is 2.24. The summed E-state index contributed by atoms with van der Waals surface area (Å²) < 4.78 is 5.74. The van der Waals surface area contributed by atoms with Crippen molar-refractivity contribution in [3.63, 3.8) is 0 Å². The Morgan fingerprint density at radius 3 is 2.71 bits per heavy atom. The zero-order chi connectivity index (χ0) is 22.0. The van der Waals surface area contributed by atoms with Gasteiger partial charge in [-0.1, -0.05) is 17.7 Å². The van der Waals surface area contributed by atoms with Gasteiger partial charge in [0, 0.05) is 40.3 Å². The van der Waals surface area contributed by atoms with Gasteiger partial charge in [-0.2, -0.15) is 0 Å². The smallest absolute Gasteiger partial charge is 0.322 e. The molecule has 1 fully saturated rings. The molecule has 2 aromatic carbocycles. The number of urea groups is 1. The molecule has 162 valence electrons. The molecule has 1 aliphatic rings. The van der Waals surface area contributed by atoms with E-state index in [0.29, 0.717) is 29.4 Å². The van der Waals surface area contributed by atoms with E-state index in [-0.39, 0.29) is 24.2 Å². The van der Waals surface area contributed by atoms with Gasteiger partial charge in [0.1, 0.15) is 0 Å². The molecule has 1 saturated heterocycles. The van der Waals surface area contributed by atoms with Crippen molar-refractivity contribution in [2.75, 3.05) is 18.5 Å². The van der Waals surface area contributed by atoms with E-state index in [2.05, 4.69) is 16.4 Å². The Bertz CT molecular complexity index is 1150. The Kier molecular flexibility index (Phi) is 6.30. The molecule has 4 rings (SSSR count). The molecule has 0 aliphatic carbocycles. The van der Waals surface area contributed by atoms with Gasteiger partial charge in [-0.05, 0) is 74.2 Å². The number of H-pyrrole nitrogens is 1. The Morgan fingerprint density at radius 1 is 1.23 bits per heavy atom. The molecule has 31 heavy (non-hydrogen) atoms. The van der Waals surface area contributed by atoms with Gasteiger partial charge >= 0.3 is 6.03 Å². The van der Waals surface area contributed by atoms with Crippen LogP contribution in [0.15, 0.2) is 47.3 Å². The first kappa shape index (κ1) is 21.4. The minimum atomic E-state index is -0.280. The zero-order valence-corrected chi connectivity index (χ0v) is 18.5. The van der Waals surface area contributed by atoms with Gasteiger partial charge in [0.25, 0.3) is 5.56 Å². The highest BCUT2D eigenvalue weighted by molar-refractivity contribution is 6.30. The first-order valence-corrected chi connectivity index (χ1v) is 10.8. The van der Waals surface area contributed by atoms with Crippen LogP contribution in [0.3, 0.4) is 0 Å². The van der Waals surface area contributed by atoms with Crippen LogP contribution in [0.1, 0.15) is 29.5 Å². The second kappa shape index (κ2) is 9.12. The van der Waals surface area contributed by atoms with Crippen molar-refractivity contribution in [1.29, 1.82) is 0 Å². The molecule has 3 aromatic rings. The molecule has 0 spiro atoms. The maximum Gasteiger partial charge on any atom is 0.322 e. The van der Waals surface area contributed by atoms with E-state index in [9.17, 15) is 9.59 Å². The van der Waals surface area contributed by atoms with Gasteiger partial charge < -0.3 is 19.9 Å². The number of benzene rings is 2. The monoisotopic (exact) mass is 439 g/mol. The summed E-state index contributed by atoms with van der Waals surface area (Å²) in [5.74, 6) is 0. The summed E-state index contributed by atoms with van der Waals surface area (Å²) in [6, 6.07) is 12.6. The molecular formula is C24H26ClN3O3. The number of aromatic amines is 1. The maximum absolute atomic E-state index is 13.1. The second-order valence-electron chi connectivity index (χ2n) is 8.12. The van der Waals surface area contributed by atoms with Crippen LogP contribution < -0.4 is 10.9 Å². The highest BCUT2D eigenvalue weighted by atomic mass is 35.5. The number of nitrogens with zero attached hydrogens (tertiary/aromatic N) is 1. The molecule has 1 atom stereocenters. The fourth-order valence-electron chi connectivity index (χ4n) is 4.03. The second-order valence-corrected chi connectivity index (χ2v) is 8.56. The van der Waals surface area contributed by atoms with Crippen LogP contribution in [0.2, 0.25) is 5.02 Å². The minimum Gasteiger partial charge on any atom is -0.376 e. The van der Waals surface area contributed by atoms with Gasteiger partial charge in [0.2, 0.25) is 0 Å². The fraction of sp³-hybridized carbons (Fsp3) is 0.333. The normalized spacial score (nSPS) is 15.9. The number of rotatable bonds is 5. The standard InChI is InChI=1S/C24H26ClN3O3/c1-15-10-16(2)21-12-17(23(29)27-22(21)11-15)13-28(14-20-4-3-9-31-20)24(30)26-19-7-5-18(25)6-8-19/h5-8,10-12,20H,3-4,9,13-14H2,1-2H3,(H,26,30)(H,27,29)/t20-/m1/s1. The number of amides is 2. The van der Waals surface area contributed by atoms with Gasteiger partial charge in [-0.15, -0.1) is 0 Å². The van der Waals surface area contributed by atoms with Crippen LogP contribution in [0, 0.1) is 13.8 Å². The number of anilines is 1. The summed E-state index contributed by atoms with van der Waals surface area (Å²) in [6.07, 6.45) is 1.85. The topological polar surface area (TPSA) is 74.4 Å². The summed E-state index contributed by atoms with van der Waals surface area (Å²) >= 11 is 5.94. The first-order valence-electron chi connectivity index (χ1n) is 10.5. The van der Waals surface area contributed by atoms with Gasteiger partial charge in [-0.3, -0.25) is 4.79 Å². The van der Waals surface area contributed by atoms with Gasteiger partial charge in [0.15, 0.2) is 0 Å². The number of ether oxygens (including phenoxy) is 1. The molecule has 0 radical (unpaired) electrons. The van der Waals surface area contributed by atoms with Crippen LogP contribution in [0.25, 0.3) is 10.9 Å². The number of halogens is 1. The number of carbonyl (C=O) groups excluding carboxylic acids is 1. The molecule has 1 aliphatic heterocycles. The lowest BCUT2D eigenvalue weighted by Crippen LogP contribution is -2.40. The number of nitrogens with one attached hydrogen (secondary N) is 2. The van der Waals surface area contributed by atoms with Crippen LogP contribution in [-0.2, 0) is 11.3 Å². The largest absolute Gasteiger partial charge is 0.376 e. The Morgan fingerprint density at radius 2 is 2.00 bits per heavy atom. The van der Waals surface area contributed by atoms with Crippen molar-refractivity contribution in [3.8, 4) is 0 Å². The van der Waals surface area contributed by atoms with E-state index >= 15 is 0 Å². The summed E-state index contributed by atoms with van der Waals surface area (Å²) in [6.45, 7) is 5.34.